The van der Waals surface area contributed by atoms with Crippen molar-refractivity contribution in [3.63, 3.8) is 0 Å². The van der Waals surface area contributed by atoms with Crippen molar-refractivity contribution < 1.29 is 121 Å². The Bertz CT molecular complexity index is 560. The fourth-order valence-electron chi connectivity index (χ4n) is 1.02. The maximum absolute atomic E-state index is 12.8. The van der Waals surface area contributed by atoms with Gasteiger partial charge in [0, 0.05) is 0 Å². The molecule has 0 radical (unpaired) electrons. The second-order valence-corrected chi connectivity index (χ2v) is 4.21. The maximum atomic E-state index is 12.8. The molecule has 0 N–H and O–H groups in total. The molecule has 0 aromatic heterocycles. The number of halogens is 16. The van der Waals surface area contributed by atoms with Crippen LogP contribution in [0, 0.1) is 11.7 Å². The Morgan fingerprint density at radius 1 is 0.500 bits per heavy atom. The van der Waals surface area contributed by atoms with Gasteiger partial charge in [-0.25, -0.2) is 0 Å². The van der Waals surface area contributed by atoms with Gasteiger partial charge in [-0.3, -0.25) is 0 Å². The molecule has 0 spiro atoms. The Kier molecular flexibility index (Phi) is 8.20. The van der Waals surface area contributed by atoms with Crippen LogP contribution >= 0.6 is 0 Å². The molecular formula is C8BF16K. The van der Waals surface area contributed by atoms with Crippen molar-refractivity contribution in [2.24, 2.45) is 0 Å². The van der Waals surface area contributed by atoms with Crippen LogP contribution in [-0.4, -0.2) is 42.8 Å². The summed E-state index contributed by atoms with van der Waals surface area (Å²) in [6.07, 6.45) is -7.59. The summed E-state index contributed by atoms with van der Waals surface area (Å²) in [7, 11) is 0. The van der Waals surface area contributed by atoms with Crippen LogP contribution in [0.15, 0.2) is 0 Å². The van der Waals surface area contributed by atoms with Crippen molar-refractivity contribution in [2.45, 2.75) is 35.8 Å². The summed E-state index contributed by atoms with van der Waals surface area (Å²) < 4.78 is 196. The Morgan fingerprint density at radius 3 is 1.08 bits per heavy atom. The summed E-state index contributed by atoms with van der Waals surface area (Å²) in [5, 5.41) is 0. The summed E-state index contributed by atoms with van der Waals surface area (Å²) in [5.74, 6) is -40.7. The molecule has 0 aliphatic carbocycles. The third-order valence-corrected chi connectivity index (χ3v) is 2.33. The smallest absolute Gasteiger partial charge is 0.438 e. The summed E-state index contributed by atoms with van der Waals surface area (Å²) >= 11 is 0. The van der Waals surface area contributed by atoms with Gasteiger partial charge >= 0.3 is 94.2 Å². The summed E-state index contributed by atoms with van der Waals surface area (Å²) in [4.78, 5) is 0. The summed E-state index contributed by atoms with van der Waals surface area (Å²) in [5.41, 5.74) is 0. The average molecular weight is 450 g/mol. The molecule has 0 aromatic carbocycles. The first kappa shape index (κ1) is 28.4. The van der Waals surface area contributed by atoms with Crippen LogP contribution in [0.25, 0.3) is 0 Å². The van der Waals surface area contributed by atoms with Gasteiger partial charge in [-0.2, -0.15) is 62.9 Å². The van der Waals surface area contributed by atoms with Crippen LogP contribution in [-0.2, 0) is 0 Å². The van der Waals surface area contributed by atoms with E-state index >= 15 is 0 Å². The molecule has 18 heteroatoms. The second kappa shape index (κ2) is 7.52. The number of alkyl halides is 13. The van der Waals surface area contributed by atoms with Crippen LogP contribution < -0.4 is 51.4 Å². The molecule has 0 fully saturated rings. The fourth-order valence-corrected chi connectivity index (χ4v) is 1.02. The fraction of sp³-hybridized carbons (Fsp3) is 0.750. The van der Waals surface area contributed by atoms with Gasteiger partial charge in [0.05, 0.1) is 0 Å². The van der Waals surface area contributed by atoms with E-state index in [4.69, 9.17) is 0 Å². The van der Waals surface area contributed by atoms with Crippen LogP contribution in [0.4, 0.5) is 70.0 Å². The first-order valence-corrected chi connectivity index (χ1v) is 5.15. The molecule has 0 heterocycles. The van der Waals surface area contributed by atoms with E-state index in [1.807, 2.05) is 0 Å². The van der Waals surface area contributed by atoms with Gasteiger partial charge in [-0.05, 0) is 0 Å². The molecule has 0 rings (SSSR count). The molecule has 0 aromatic rings. The molecule has 0 unspecified atom stereocenters. The molecular weight excluding hydrogens is 450 g/mol. The van der Waals surface area contributed by atoms with Crippen molar-refractivity contribution in [3.05, 3.63) is 0 Å². The predicted octanol–water partition coefficient (Wildman–Crippen LogP) is 2.12. The van der Waals surface area contributed by atoms with E-state index in [9.17, 15) is 70.0 Å². The first-order valence-electron chi connectivity index (χ1n) is 5.15. The van der Waals surface area contributed by atoms with Crippen molar-refractivity contribution in [1.82, 2.24) is 0 Å². The van der Waals surface area contributed by atoms with Crippen LogP contribution in [0.1, 0.15) is 0 Å². The quantitative estimate of drug-likeness (QED) is 0.350. The van der Waals surface area contributed by atoms with Gasteiger partial charge < -0.3 is 12.9 Å². The zero-order valence-electron chi connectivity index (χ0n) is 11.6. The Balaban J connectivity index is 0. The normalized spacial score (nSPS) is 15.1. The van der Waals surface area contributed by atoms with Gasteiger partial charge in [0.1, 0.15) is 0 Å². The van der Waals surface area contributed by atoms with Crippen molar-refractivity contribution >= 4 is 6.98 Å². The Morgan fingerprint density at radius 2 is 0.808 bits per heavy atom. The maximum Gasteiger partial charge on any atom is 1.00 e. The number of hydrogen-bond acceptors (Lipinski definition) is 0. The van der Waals surface area contributed by atoms with Gasteiger partial charge in [0.25, 0.3) is 0 Å². The minimum Gasteiger partial charge on any atom is -0.438 e. The first-order chi connectivity index (χ1) is 10.5. The van der Waals surface area contributed by atoms with E-state index in [1.54, 1.807) is 0 Å². The molecule has 0 atom stereocenters. The zero-order chi connectivity index (χ0) is 20.9. The number of rotatable bonds is 4. The average Bonchev–Trinajstić information content (AvgIpc) is 2.33. The van der Waals surface area contributed by atoms with Crippen molar-refractivity contribution in [3.8, 4) is 11.7 Å². The van der Waals surface area contributed by atoms with Crippen LogP contribution in [0.5, 0.6) is 0 Å². The van der Waals surface area contributed by atoms with E-state index in [2.05, 4.69) is 0 Å². The molecule has 0 nitrogen and oxygen atoms in total. The Labute approximate surface area is 175 Å². The van der Waals surface area contributed by atoms with E-state index in [-0.39, 0.29) is 51.4 Å². The summed E-state index contributed by atoms with van der Waals surface area (Å²) in [6, 6.07) is 0. The summed E-state index contributed by atoms with van der Waals surface area (Å²) in [6.45, 7) is -6.67. The predicted molar refractivity (Wildman–Crippen MR) is 47.6 cm³/mol. The molecule has 0 amide bonds. The second-order valence-electron chi connectivity index (χ2n) is 4.21. The van der Waals surface area contributed by atoms with E-state index in [0.717, 1.165) is 0 Å². The van der Waals surface area contributed by atoms with Gasteiger partial charge in [0.2, 0.25) is 0 Å². The molecule has 0 aliphatic rings. The SMILES string of the molecule is F[B-](F)(F)C#CC(F)(F)C(F)(F)C(F)(F)C(F)(F)C(F)(F)C(F)(F)F.[K+]. The monoisotopic (exact) mass is 450 g/mol. The molecule has 0 aliphatic heterocycles. The van der Waals surface area contributed by atoms with E-state index in [0.29, 0.717) is 0 Å². The minimum atomic E-state index is -8.17. The van der Waals surface area contributed by atoms with Gasteiger partial charge in [-0.15, -0.1) is 0 Å². The van der Waals surface area contributed by atoms with E-state index in [1.165, 1.54) is 0 Å². The van der Waals surface area contributed by atoms with Gasteiger partial charge in [-0.1, -0.05) is 5.92 Å². The number of hydrogen-bond donors (Lipinski definition) is 0. The molecule has 26 heavy (non-hydrogen) atoms. The molecule has 0 saturated carbocycles. The molecule has 148 valence electrons. The van der Waals surface area contributed by atoms with E-state index < -0.39 is 54.5 Å². The van der Waals surface area contributed by atoms with Crippen LogP contribution in [0.3, 0.4) is 0 Å². The van der Waals surface area contributed by atoms with Gasteiger partial charge in [0.15, 0.2) is 0 Å². The topological polar surface area (TPSA) is 0 Å². The molecule has 0 saturated heterocycles. The standard InChI is InChI=1S/C8BF16.K/c10-3(11,1-2-9(23,24)25)4(12,13)5(14,15)6(16,17)7(18,19)8(20,21)22;/q-1;+1. The third-order valence-electron chi connectivity index (χ3n) is 2.33. The minimum absolute atomic E-state index is 0. The van der Waals surface area contributed by atoms with Crippen molar-refractivity contribution in [1.29, 1.82) is 0 Å². The van der Waals surface area contributed by atoms with Crippen LogP contribution in [0.2, 0.25) is 0 Å². The third kappa shape index (κ3) is 4.76. The Hall–Kier alpha value is 0.141. The molecule has 0 bridgehead atoms. The largest absolute Gasteiger partial charge is 1.00 e. The zero-order valence-corrected chi connectivity index (χ0v) is 14.7. The van der Waals surface area contributed by atoms with Crippen molar-refractivity contribution in [2.75, 3.05) is 0 Å².